The molecule has 0 aliphatic rings. The highest BCUT2D eigenvalue weighted by Crippen LogP contribution is 2.17. The van der Waals surface area contributed by atoms with Crippen molar-refractivity contribution in [1.82, 2.24) is 10.6 Å². The highest BCUT2D eigenvalue weighted by atomic mass is 19.1. The van der Waals surface area contributed by atoms with Gasteiger partial charge in [-0.2, -0.15) is 0 Å². The molecule has 3 N–H and O–H groups in total. The number of nitrogens with one attached hydrogen (secondary N) is 2. The summed E-state index contributed by atoms with van der Waals surface area (Å²) in [7, 11) is 0. The molecule has 0 aliphatic heterocycles. The van der Waals surface area contributed by atoms with Crippen LogP contribution in [-0.2, 0) is 6.54 Å². The van der Waals surface area contributed by atoms with Crippen LogP contribution < -0.4 is 10.6 Å². The monoisotopic (exact) mass is 316 g/mol. The predicted molar refractivity (Wildman–Crippen MR) is 87.3 cm³/mol. The number of amides is 2. The first-order valence-corrected chi connectivity index (χ1v) is 7.56. The molecule has 0 radical (unpaired) electrons. The van der Waals surface area contributed by atoms with E-state index < -0.39 is 6.10 Å². The molecule has 0 fully saturated rings. The molecule has 23 heavy (non-hydrogen) atoms. The second-order valence-electron chi connectivity index (χ2n) is 5.52. The average molecular weight is 316 g/mol. The molecule has 0 aromatic heterocycles. The molecular formula is C18H21FN2O2. The van der Waals surface area contributed by atoms with E-state index in [0.29, 0.717) is 13.0 Å². The fourth-order valence-electron chi connectivity index (χ4n) is 2.26. The fourth-order valence-corrected chi connectivity index (χ4v) is 2.26. The number of hydrogen-bond donors (Lipinski definition) is 3. The van der Waals surface area contributed by atoms with Gasteiger partial charge in [-0.05, 0) is 36.6 Å². The van der Waals surface area contributed by atoms with Gasteiger partial charge in [-0.25, -0.2) is 9.18 Å². The van der Waals surface area contributed by atoms with Crippen molar-refractivity contribution in [1.29, 1.82) is 0 Å². The van der Waals surface area contributed by atoms with Crippen molar-refractivity contribution in [2.75, 3.05) is 0 Å². The van der Waals surface area contributed by atoms with Crippen molar-refractivity contribution >= 4 is 6.03 Å². The summed E-state index contributed by atoms with van der Waals surface area (Å²) < 4.78 is 12.8. The first-order chi connectivity index (χ1) is 11.0. The minimum atomic E-state index is -0.622. The molecule has 2 aromatic carbocycles. The maximum atomic E-state index is 12.8. The molecule has 5 heteroatoms. The SMILES string of the molecule is CC(CC(O)c1ccccc1)NC(=O)NCc1ccc(F)cc1. The first-order valence-electron chi connectivity index (χ1n) is 7.56. The van der Waals surface area contributed by atoms with Crippen LogP contribution in [0.5, 0.6) is 0 Å². The average Bonchev–Trinajstić information content (AvgIpc) is 2.55. The zero-order valence-electron chi connectivity index (χ0n) is 13.0. The van der Waals surface area contributed by atoms with Crippen LogP contribution in [0.1, 0.15) is 30.6 Å². The molecule has 0 bridgehead atoms. The fraction of sp³-hybridized carbons (Fsp3) is 0.278. The number of benzene rings is 2. The molecule has 0 saturated heterocycles. The topological polar surface area (TPSA) is 61.4 Å². The van der Waals surface area contributed by atoms with Crippen LogP contribution in [0.4, 0.5) is 9.18 Å². The molecule has 2 atom stereocenters. The van der Waals surface area contributed by atoms with Gasteiger partial charge in [0.25, 0.3) is 0 Å². The van der Waals surface area contributed by atoms with Crippen LogP contribution in [0, 0.1) is 5.82 Å². The van der Waals surface area contributed by atoms with E-state index in [1.165, 1.54) is 12.1 Å². The minimum absolute atomic E-state index is 0.182. The maximum Gasteiger partial charge on any atom is 0.315 e. The molecule has 0 heterocycles. The van der Waals surface area contributed by atoms with Crippen LogP contribution in [0.25, 0.3) is 0 Å². The van der Waals surface area contributed by atoms with Gasteiger partial charge in [-0.15, -0.1) is 0 Å². The second-order valence-corrected chi connectivity index (χ2v) is 5.52. The molecule has 2 unspecified atom stereocenters. The summed E-state index contributed by atoms with van der Waals surface area (Å²) in [5.74, 6) is -0.304. The van der Waals surface area contributed by atoms with Gasteiger partial charge in [0, 0.05) is 12.6 Å². The number of halogens is 1. The summed E-state index contributed by atoms with van der Waals surface area (Å²) in [6.45, 7) is 2.16. The van der Waals surface area contributed by atoms with Gasteiger partial charge in [-0.1, -0.05) is 42.5 Å². The Morgan fingerprint density at radius 1 is 1.13 bits per heavy atom. The van der Waals surface area contributed by atoms with E-state index in [9.17, 15) is 14.3 Å². The van der Waals surface area contributed by atoms with Crippen LogP contribution in [0.3, 0.4) is 0 Å². The largest absolute Gasteiger partial charge is 0.388 e. The third-order valence-corrected chi connectivity index (χ3v) is 3.50. The molecule has 0 aliphatic carbocycles. The minimum Gasteiger partial charge on any atom is -0.388 e. The van der Waals surface area contributed by atoms with E-state index in [1.807, 2.05) is 37.3 Å². The maximum absolute atomic E-state index is 12.8. The second kappa shape index (κ2) is 8.29. The quantitative estimate of drug-likeness (QED) is 0.767. The van der Waals surface area contributed by atoms with Crippen LogP contribution >= 0.6 is 0 Å². The lowest BCUT2D eigenvalue weighted by Crippen LogP contribution is -2.41. The highest BCUT2D eigenvalue weighted by Gasteiger charge is 2.14. The standard InChI is InChI=1S/C18H21FN2O2/c1-13(11-17(22)15-5-3-2-4-6-15)21-18(23)20-12-14-7-9-16(19)10-8-14/h2-10,13,17,22H,11-12H2,1H3,(H2,20,21,23). The first kappa shape index (κ1) is 17.0. The van der Waals surface area contributed by atoms with Gasteiger partial charge in [0.1, 0.15) is 5.82 Å². The van der Waals surface area contributed by atoms with Gasteiger partial charge in [0.2, 0.25) is 0 Å². The number of carbonyl (C=O) groups is 1. The van der Waals surface area contributed by atoms with Crippen molar-refractivity contribution in [2.45, 2.75) is 32.0 Å². The molecular weight excluding hydrogens is 295 g/mol. The van der Waals surface area contributed by atoms with Gasteiger partial charge in [-0.3, -0.25) is 0 Å². The highest BCUT2D eigenvalue weighted by molar-refractivity contribution is 5.74. The normalized spacial score (nSPS) is 13.2. The van der Waals surface area contributed by atoms with Crippen molar-refractivity contribution < 1.29 is 14.3 Å². The predicted octanol–water partition coefficient (Wildman–Crippen LogP) is 3.14. The lowest BCUT2D eigenvalue weighted by molar-refractivity contribution is 0.154. The summed E-state index contributed by atoms with van der Waals surface area (Å²) >= 11 is 0. The molecule has 0 spiro atoms. The van der Waals surface area contributed by atoms with Crippen molar-refractivity contribution in [2.24, 2.45) is 0 Å². The third kappa shape index (κ3) is 5.71. The Morgan fingerprint density at radius 2 is 1.78 bits per heavy atom. The van der Waals surface area contributed by atoms with E-state index in [-0.39, 0.29) is 17.9 Å². The van der Waals surface area contributed by atoms with Gasteiger partial charge < -0.3 is 15.7 Å². The van der Waals surface area contributed by atoms with E-state index in [2.05, 4.69) is 10.6 Å². The van der Waals surface area contributed by atoms with Crippen LogP contribution in [0.2, 0.25) is 0 Å². The van der Waals surface area contributed by atoms with E-state index >= 15 is 0 Å². The van der Waals surface area contributed by atoms with Crippen molar-refractivity contribution in [3.63, 3.8) is 0 Å². The lowest BCUT2D eigenvalue weighted by atomic mass is 10.0. The van der Waals surface area contributed by atoms with Crippen molar-refractivity contribution in [3.8, 4) is 0 Å². The number of aliphatic hydroxyl groups excluding tert-OH is 1. The Kier molecular flexibility index (Phi) is 6.11. The Bertz CT molecular complexity index is 617. The summed E-state index contributed by atoms with van der Waals surface area (Å²) in [5, 5.41) is 15.6. The molecule has 122 valence electrons. The molecule has 2 rings (SSSR count). The summed E-state index contributed by atoms with van der Waals surface area (Å²) in [6, 6.07) is 14.8. The number of rotatable bonds is 6. The number of hydrogen-bond acceptors (Lipinski definition) is 2. The molecule has 4 nitrogen and oxygen atoms in total. The third-order valence-electron chi connectivity index (χ3n) is 3.50. The summed E-state index contributed by atoms with van der Waals surface area (Å²) in [5.41, 5.74) is 1.64. The Balaban J connectivity index is 1.75. The smallest absolute Gasteiger partial charge is 0.315 e. The number of aliphatic hydroxyl groups is 1. The Labute approximate surface area is 135 Å². The van der Waals surface area contributed by atoms with E-state index in [1.54, 1.807) is 12.1 Å². The number of carbonyl (C=O) groups excluding carboxylic acids is 1. The van der Waals surface area contributed by atoms with Gasteiger partial charge >= 0.3 is 6.03 Å². The number of urea groups is 1. The Hall–Kier alpha value is -2.40. The van der Waals surface area contributed by atoms with Crippen molar-refractivity contribution in [3.05, 3.63) is 71.5 Å². The summed E-state index contributed by atoms with van der Waals surface area (Å²) in [6.07, 6.45) is -0.197. The van der Waals surface area contributed by atoms with E-state index in [4.69, 9.17) is 0 Å². The van der Waals surface area contributed by atoms with Gasteiger partial charge in [0.05, 0.1) is 6.10 Å². The Morgan fingerprint density at radius 3 is 2.43 bits per heavy atom. The summed E-state index contributed by atoms with van der Waals surface area (Å²) in [4.78, 5) is 11.8. The molecule has 2 amide bonds. The lowest BCUT2D eigenvalue weighted by Gasteiger charge is -2.18. The molecule has 2 aromatic rings. The zero-order chi connectivity index (χ0) is 16.7. The van der Waals surface area contributed by atoms with E-state index in [0.717, 1.165) is 11.1 Å². The molecule has 0 saturated carbocycles. The van der Waals surface area contributed by atoms with Gasteiger partial charge in [0.15, 0.2) is 0 Å². The van der Waals surface area contributed by atoms with Crippen LogP contribution in [-0.4, -0.2) is 17.2 Å². The zero-order valence-corrected chi connectivity index (χ0v) is 13.0. The van der Waals surface area contributed by atoms with Crippen LogP contribution in [0.15, 0.2) is 54.6 Å².